The number of benzene rings is 1. The highest BCUT2D eigenvalue weighted by atomic mass is 19.1. The molecule has 1 saturated carbocycles. The summed E-state index contributed by atoms with van der Waals surface area (Å²) in [5.41, 5.74) is 2.77. The second-order valence-electron chi connectivity index (χ2n) is 5.78. The summed E-state index contributed by atoms with van der Waals surface area (Å²) in [5, 5.41) is 11.0. The van der Waals surface area contributed by atoms with Crippen LogP contribution in [0, 0.1) is 5.82 Å². The molecule has 0 unspecified atom stereocenters. The molecule has 4 rings (SSSR count). The van der Waals surface area contributed by atoms with Gasteiger partial charge in [0.2, 0.25) is 5.95 Å². The Morgan fingerprint density at radius 2 is 1.96 bits per heavy atom. The second-order valence-corrected chi connectivity index (χ2v) is 5.78. The molecule has 25 heavy (non-hydrogen) atoms. The number of carbonyl (C=O) groups is 1. The van der Waals surface area contributed by atoms with Crippen molar-refractivity contribution in [1.29, 1.82) is 0 Å². The van der Waals surface area contributed by atoms with Gasteiger partial charge in [-0.1, -0.05) is 0 Å². The van der Waals surface area contributed by atoms with E-state index in [-0.39, 0.29) is 11.8 Å². The number of hydrogen-bond donors (Lipinski definition) is 2. The summed E-state index contributed by atoms with van der Waals surface area (Å²) >= 11 is 0. The third-order valence-corrected chi connectivity index (χ3v) is 3.97. The van der Waals surface area contributed by atoms with Crippen LogP contribution in [-0.4, -0.2) is 30.7 Å². The molecule has 3 aromatic rings. The molecular weight excluding hydrogens is 325 g/mol. The van der Waals surface area contributed by atoms with Crippen LogP contribution in [-0.2, 0) is 0 Å². The quantitative estimate of drug-likeness (QED) is 0.758. The van der Waals surface area contributed by atoms with Crippen molar-refractivity contribution >= 4 is 12.0 Å². The highest BCUT2D eigenvalue weighted by Crippen LogP contribution is 2.41. The molecule has 0 aliphatic heterocycles. The average Bonchev–Trinajstić information content (AvgIpc) is 3.34. The van der Waals surface area contributed by atoms with Gasteiger partial charge < -0.3 is 9.67 Å². The van der Waals surface area contributed by atoms with Gasteiger partial charge in [-0.3, -0.25) is 5.32 Å². The Hall–Kier alpha value is -3.29. The van der Waals surface area contributed by atoms with Gasteiger partial charge in [-0.05, 0) is 43.2 Å². The van der Waals surface area contributed by atoms with E-state index in [1.54, 1.807) is 24.5 Å². The molecule has 2 heterocycles. The van der Waals surface area contributed by atoms with Crippen LogP contribution in [0.5, 0.6) is 0 Å². The summed E-state index contributed by atoms with van der Waals surface area (Å²) in [5.74, 6) is -0.319. The van der Waals surface area contributed by atoms with Gasteiger partial charge in [0, 0.05) is 17.8 Å². The standard InChI is InChI=1S/C17H14FN5O2/c18-11-3-1-10(2-4-11)14-15(23(9-20-14)12-5-6-12)13-7-8-19-16(21-13)22-17(24)25/h1-4,7-9,12H,5-6H2,(H,24,25)(H,19,21,22). The van der Waals surface area contributed by atoms with Gasteiger partial charge >= 0.3 is 6.09 Å². The zero-order valence-corrected chi connectivity index (χ0v) is 13.1. The number of hydrogen-bond acceptors (Lipinski definition) is 4. The fourth-order valence-corrected chi connectivity index (χ4v) is 2.71. The lowest BCUT2D eigenvalue weighted by Gasteiger charge is -2.10. The number of amides is 1. The summed E-state index contributed by atoms with van der Waals surface area (Å²) in [7, 11) is 0. The fraction of sp³-hybridized carbons (Fsp3) is 0.176. The normalized spacial score (nSPS) is 13.6. The predicted octanol–water partition coefficient (Wildman–Crippen LogP) is 3.57. The SMILES string of the molecule is O=C(O)Nc1nccc(-c2c(-c3ccc(F)cc3)ncn2C2CC2)n1. The molecule has 1 aromatic carbocycles. The molecule has 1 aliphatic carbocycles. The monoisotopic (exact) mass is 339 g/mol. The molecule has 2 N–H and O–H groups in total. The Morgan fingerprint density at radius 1 is 1.20 bits per heavy atom. The molecule has 7 nitrogen and oxygen atoms in total. The Kier molecular flexibility index (Phi) is 3.64. The number of nitrogens with zero attached hydrogens (tertiary/aromatic N) is 4. The summed E-state index contributed by atoms with van der Waals surface area (Å²) in [6.07, 6.45) is 4.12. The van der Waals surface area contributed by atoms with Gasteiger partial charge in [0.1, 0.15) is 5.82 Å². The number of halogens is 1. The zero-order valence-electron chi connectivity index (χ0n) is 13.1. The van der Waals surface area contributed by atoms with Crippen LogP contribution in [0.25, 0.3) is 22.6 Å². The van der Waals surface area contributed by atoms with Crippen LogP contribution < -0.4 is 5.32 Å². The van der Waals surface area contributed by atoms with Crippen LogP contribution in [0.4, 0.5) is 15.1 Å². The first-order valence-electron chi connectivity index (χ1n) is 7.78. The lowest BCUT2D eigenvalue weighted by atomic mass is 10.1. The molecule has 1 aliphatic rings. The molecule has 8 heteroatoms. The van der Waals surface area contributed by atoms with Crippen molar-refractivity contribution in [1.82, 2.24) is 19.5 Å². The van der Waals surface area contributed by atoms with Crippen molar-refractivity contribution in [3.8, 4) is 22.6 Å². The predicted molar refractivity (Wildman–Crippen MR) is 88.6 cm³/mol. The van der Waals surface area contributed by atoms with Crippen molar-refractivity contribution in [3.05, 3.63) is 48.7 Å². The van der Waals surface area contributed by atoms with E-state index in [1.807, 2.05) is 4.57 Å². The highest BCUT2D eigenvalue weighted by molar-refractivity contribution is 5.81. The van der Waals surface area contributed by atoms with Gasteiger partial charge in [0.25, 0.3) is 0 Å². The van der Waals surface area contributed by atoms with Crippen LogP contribution >= 0.6 is 0 Å². The van der Waals surface area contributed by atoms with Crippen molar-refractivity contribution in [2.24, 2.45) is 0 Å². The first-order chi connectivity index (χ1) is 12.1. The molecule has 0 atom stereocenters. The van der Waals surface area contributed by atoms with E-state index in [9.17, 15) is 9.18 Å². The summed E-state index contributed by atoms with van der Waals surface area (Å²) in [6.45, 7) is 0. The lowest BCUT2D eigenvalue weighted by Crippen LogP contribution is -2.11. The van der Waals surface area contributed by atoms with Crippen LogP contribution in [0.1, 0.15) is 18.9 Å². The van der Waals surface area contributed by atoms with Crippen molar-refractivity contribution in [2.75, 3.05) is 5.32 Å². The van der Waals surface area contributed by atoms with Gasteiger partial charge in [-0.25, -0.2) is 24.1 Å². The van der Waals surface area contributed by atoms with Gasteiger partial charge in [0.15, 0.2) is 0 Å². The maximum Gasteiger partial charge on any atom is 0.411 e. The highest BCUT2D eigenvalue weighted by Gasteiger charge is 2.29. The molecule has 0 spiro atoms. The van der Waals surface area contributed by atoms with E-state index in [1.165, 1.54) is 18.3 Å². The van der Waals surface area contributed by atoms with E-state index >= 15 is 0 Å². The fourth-order valence-electron chi connectivity index (χ4n) is 2.71. The number of carboxylic acid groups (broad SMARTS) is 1. The summed E-state index contributed by atoms with van der Waals surface area (Å²) in [6, 6.07) is 8.14. The van der Waals surface area contributed by atoms with Gasteiger partial charge in [0.05, 0.1) is 23.4 Å². The number of aromatic nitrogens is 4. The maximum absolute atomic E-state index is 13.2. The number of rotatable bonds is 4. The zero-order chi connectivity index (χ0) is 17.4. The number of nitrogens with one attached hydrogen (secondary N) is 1. The molecule has 2 aromatic heterocycles. The Morgan fingerprint density at radius 3 is 2.64 bits per heavy atom. The van der Waals surface area contributed by atoms with Crippen LogP contribution in [0.15, 0.2) is 42.9 Å². The third kappa shape index (κ3) is 3.06. The number of imidazole rings is 1. The summed E-state index contributed by atoms with van der Waals surface area (Å²) in [4.78, 5) is 23.5. The Bertz CT molecular complexity index is 934. The van der Waals surface area contributed by atoms with Gasteiger partial charge in [-0.15, -0.1) is 0 Å². The Balaban J connectivity index is 1.83. The smallest absolute Gasteiger partial charge is 0.411 e. The lowest BCUT2D eigenvalue weighted by molar-refractivity contribution is 0.209. The van der Waals surface area contributed by atoms with Crippen molar-refractivity contribution < 1.29 is 14.3 Å². The van der Waals surface area contributed by atoms with Crippen molar-refractivity contribution in [2.45, 2.75) is 18.9 Å². The maximum atomic E-state index is 13.2. The topological polar surface area (TPSA) is 92.9 Å². The minimum absolute atomic E-state index is 0.00129. The molecule has 126 valence electrons. The van der Waals surface area contributed by atoms with Crippen molar-refractivity contribution in [3.63, 3.8) is 0 Å². The average molecular weight is 339 g/mol. The van der Waals surface area contributed by atoms with E-state index < -0.39 is 6.09 Å². The molecule has 0 radical (unpaired) electrons. The summed E-state index contributed by atoms with van der Waals surface area (Å²) < 4.78 is 15.3. The third-order valence-electron chi connectivity index (χ3n) is 3.97. The minimum Gasteiger partial charge on any atom is -0.465 e. The molecule has 0 bridgehead atoms. The van der Waals surface area contributed by atoms with E-state index in [4.69, 9.17) is 5.11 Å². The largest absolute Gasteiger partial charge is 0.465 e. The minimum atomic E-state index is -1.23. The number of anilines is 1. The molecule has 1 fully saturated rings. The molecular formula is C17H14FN5O2. The first-order valence-corrected chi connectivity index (χ1v) is 7.78. The van der Waals surface area contributed by atoms with E-state index in [0.717, 1.165) is 24.1 Å². The first kappa shape index (κ1) is 15.3. The van der Waals surface area contributed by atoms with Gasteiger partial charge in [-0.2, -0.15) is 0 Å². The van der Waals surface area contributed by atoms with Crippen LogP contribution in [0.2, 0.25) is 0 Å². The second kappa shape index (κ2) is 5.97. The van der Waals surface area contributed by atoms with E-state index in [2.05, 4.69) is 20.3 Å². The van der Waals surface area contributed by atoms with Crippen LogP contribution in [0.3, 0.4) is 0 Å². The Labute approximate surface area is 142 Å². The molecule has 1 amide bonds. The molecule has 0 saturated heterocycles. The van der Waals surface area contributed by atoms with E-state index in [0.29, 0.717) is 17.4 Å².